The lowest BCUT2D eigenvalue weighted by molar-refractivity contribution is -0.145. The van der Waals surface area contributed by atoms with Crippen molar-refractivity contribution in [2.45, 2.75) is 17.1 Å². The zero-order chi connectivity index (χ0) is 11.3. The maximum Gasteiger partial charge on any atom is 0.352 e. The third-order valence-electron chi connectivity index (χ3n) is 2.46. The smallest absolute Gasteiger partial charge is 0.352 e. The van der Waals surface area contributed by atoms with Crippen LogP contribution in [0.4, 0.5) is 0 Å². The number of amides is 1. The van der Waals surface area contributed by atoms with Crippen LogP contribution >= 0.6 is 27.7 Å². The minimum atomic E-state index is -1.08. The van der Waals surface area contributed by atoms with Gasteiger partial charge in [-0.25, -0.2) is 4.79 Å². The van der Waals surface area contributed by atoms with Crippen molar-refractivity contribution >= 4 is 39.6 Å². The zero-order valence-electron chi connectivity index (χ0n) is 7.86. The van der Waals surface area contributed by atoms with E-state index in [-0.39, 0.29) is 21.8 Å². The van der Waals surface area contributed by atoms with Crippen molar-refractivity contribution in [1.82, 2.24) is 4.90 Å². The average Bonchev–Trinajstić information content (AvgIpc) is 2.20. The molecule has 1 amide bonds. The average molecular weight is 290 g/mol. The summed E-state index contributed by atoms with van der Waals surface area (Å²) in [6.45, 7) is 5.46. The summed E-state index contributed by atoms with van der Waals surface area (Å²) in [6.07, 6.45) is 0. The Kier molecular flexibility index (Phi) is 2.42. The second kappa shape index (κ2) is 3.38. The SMILES string of the molecule is C=C1S[C@H]2[C@@H](Br)C(=O)N2C(C(=O)O)=C1C. The van der Waals surface area contributed by atoms with Crippen LogP contribution in [0.1, 0.15) is 6.92 Å². The van der Waals surface area contributed by atoms with E-state index in [1.165, 1.54) is 16.7 Å². The Morgan fingerprint density at radius 2 is 2.27 bits per heavy atom. The molecule has 0 radical (unpaired) electrons. The van der Waals surface area contributed by atoms with Crippen molar-refractivity contribution in [3.63, 3.8) is 0 Å². The van der Waals surface area contributed by atoms with Gasteiger partial charge in [-0.1, -0.05) is 34.3 Å². The molecular weight excluding hydrogens is 282 g/mol. The predicted octanol–water partition coefficient (Wildman–Crippen LogP) is 1.54. The van der Waals surface area contributed by atoms with Crippen LogP contribution in [-0.2, 0) is 9.59 Å². The Bertz CT molecular complexity index is 418. The molecule has 2 aliphatic rings. The normalized spacial score (nSPS) is 30.1. The summed E-state index contributed by atoms with van der Waals surface area (Å²) < 4.78 is 0. The molecule has 1 fully saturated rings. The van der Waals surface area contributed by atoms with Crippen LogP contribution in [0.15, 0.2) is 22.8 Å². The summed E-state index contributed by atoms with van der Waals surface area (Å²) in [5.41, 5.74) is 0.626. The lowest BCUT2D eigenvalue weighted by Gasteiger charge is -2.47. The van der Waals surface area contributed by atoms with Gasteiger partial charge in [0.1, 0.15) is 15.9 Å². The number of hydrogen-bond donors (Lipinski definition) is 1. The first-order valence-electron chi connectivity index (χ1n) is 4.22. The lowest BCUT2D eigenvalue weighted by Crippen LogP contribution is -2.62. The van der Waals surface area contributed by atoms with Crippen LogP contribution in [-0.4, -0.2) is 32.1 Å². The first kappa shape index (κ1) is 10.8. The van der Waals surface area contributed by atoms with Crippen LogP contribution in [0.5, 0.6) is 0 Å². The van der Waals surface area contributed by atoms with Gasteiger partial charge in [0.05, 0.1) is 0 Å². The van der Waals surface area contributed by atoms with E-state index in [9.17, 15) is 9.59 Å². The van der Waals surface area contributed by atoms with E-state index in [4.69, 9.17) is 5.11 Å². The molecule has 6 heteroatoms. The summed E-state index contributed by atoms with van der Waals surface area (Å²) in [5, 5.41) is 8.87. The maximum atomic E-state index is 11.5. The summed E-state index contributed by atoms with van der Waals surface area (Å²) >= 11 is 4.64. The maximum absolute atomic E-state index is 11.5. The number of alkyl halides is 1. The number of carbonyl (C=O) groups excluding carboxylic acids is 1. The molecule has 1 N–H and O–H groups in total. The minimum Gasteiger partial charge on any atom is -0.477 e. The molecule has 0 unspecified atom stereocenters. The number of nitrogens with zero attached hydrogens (tertiary/aromatic N) is 1. The van der Waals surface area contributed by atoms with Crippen molar-refractivity contribution in [3.05, 3.63) is 22.8 Å². The number of aliphatic carboxylic acids is 1. The number of hydrogen-bond acceptors (Lipinski definition) is 3. The molecular formula is C9H8BrNO3S. The summed E-state index contributed by atoms with van der Waals surface area (Å²) in [4.78, 5) is 24.3. The number of carboxylic acid groups (broad SMARTS) is 1. The molecule has 0 spiro atoms. The van der Waals surface area contributed by atoms with E-state index >= 15 is 0 Å². The molecule has 0 aromatic carbocycles. The van der Waals surface area contributed by atoms with Crippen molar-refractivity contribution in [3.8, 4) is 0 Å². The fourth-order valence-corrected chi connectivity index (χ4v) is 3.49. The molecule has 0 saturated carbocycles. The molecule has 2 aliphatic heterocycles. The van der Waals surface area contributed by atoms with Crippen LogP contribution in [0.2, 0.25) is 0 Å². The van der Waals surface area contributed by atoms with E-state index in [0.717, 1.165) is 0 Å². The van der Waals surface area contributed by atoms with Crippen LogP contribution < -0.4 is 0 Å². The third-order valence-corrected chi connectivity index (χ3v) is 5.02. The predicted molar refractivity (Wildman–Crippen MR) is 60.4 cm³/mol. The topological polar surface area (TPSA) is 57.6 Å². The number of fused-ring (bicyclic) bond motifs is 1. The van der Waals surface area contributed by atoms with Gasteiger partial charge in [0, 0.05) is 4.91 Å². The van der Waals surface area contributed by atoms with E-state index in [0.29, 0.717) is 10.5 Å². The Morgan fingerprint density at radius 1 is 1.67 bits per heavy atom. The molecule has 2 atom stereocenters. The largest absolute Gasteiger partial charge is 0.477 e. The highest BCUT2D eigenvalue weighted by Gasteiger charge is 2.52. The number of thioether (sulfide) groups is 1. The number of rotatable bonds is 1. The summed E-state index contributed by atoms with van der Waals surface area (Å²) in [5.74, 6) is -1.27. The van der Waals surface area contributed by atoms with Gasteiger partial charge in [0.15, 0.2) is 0 Å². The van der Waals surface area contributed by atoms with Crippen LogP contribution in [0.25, 0.3) is 0 Å². The molecule has 0 aromatic rings. The van der Waals surface area contributed by atoms with Gasteiger partial charge in [-0.15, -0.1) is 0 Å². The Morgan fingerprint density at radius 3 is 2.80 bits per heavy atom. The first-order chi connectivity index (χ1) is 6.95. The van der Waals surface area contributed by atoms with Crippen LogP contribution in [0.3, 0.4) is 0 Å². The van der Waals surface area contributed by atoms with E-state index in [1.54, 1.807) is 6.92 Å². The van der Waals surface area contributed by atoms with Gasteiger partial charge in [-0.05, 0) is 12.5 Å². The minimum absolute atomic E-state index is 0.0597. The van der Waals surface area contributed by atoms with Gasteiger partial charge in [0.2, 0.25) is 5.91 Å². The molecule has 2 heterocycles. The molecule has 4 nitrogen and oxygen atoms in total. The number of halogens is 1. The van der Waals surface area contributed by atoms with Crippen molar-refractivity contribution in [2.75, 3.05) is 0 Å². The fraction of sp³-hybridized carbons (Fsp3) is 0.333. The first-order valence-corrected chi connectivity index (χ1v) is 6.02. The second-order valence-electron chi connectivity index (χ2n) is 3.32. The van der Waals surface area contributed by atoms with Gasteiger partial charge in [-0.2, -0.15) is 0 Å². The Hall–Kier alpha value is -0.750. The number of carbonyl (C=O) groups is 2. The highest BCUT2D eigenvalue weighted by Crippen LogP contribution is 2.47. The molecule has 2 rings (SSSR count). The van der Waals surface area contributed by atoms with Gasteiger partial charge < -0.3 is 5.11 Å². The molecule has 0 bridgehead atoms. The standard InChI is InChI=1S/C9H8BrNO3S/c1-3-4(2)15-8-5(10)7(12)11(8)6(3)9(13)14/h5,8H,2H2,1H3,(H,13,14)/t5-,8-/m0/s1. The Labute approximate surface area is 99.1 Å². The quantitative estimate of drug-likeness (QED) is 0.588. The van der Waals surface area contributed by atoms with Crippen molar-refractivity contribution in [2.24, 2.45) is 0 Å². The monoisotopic (exact) mass is 289 g/mol. The Balaban J connectivity index is 2.47. The molecule has 15 heavy (non-hydrogen) atoms. The number of β-lactam (4-membered cyclic amide) rings is 1. The van der Waals surface area contributed by atoms with E-state index in [2.05, 4.69) is 22.5 Å². The van der Waals surface area contributed by atoms with Crippen molar-refractivity contribution in [1.29, 1.82) is 0 Å². The lowest BCUT2D eigenvalue weighted by atomic mass is 10.1. The van der Waals surface area contributed by atoms with E-state index in [1.807, 2.05) is 0 Å². The van der Waals surface area contributed by atoms with Gasteiger partial charge >= 0.3 is 5.97 Å². The fourth-order valence-electron chi connectivity index (χ4n) is 1.59. The third kappa shape index (κ3) is 1.35. The number of allylic oxidation sites excluding steroid dienone is 1. The highest BCUT2D eigenvalue weighted by atomic mass is 79.9. The van der Waals surface area contributed by atoms with Crippen LogP contribution in [0, 0.1) is 0 Å². The van der Waals surface area contributed by atoms with Gasteiger partial charge in [0.25, 0.3) is 0 Å². The zero-order valence-corrected chi connectivity index (χ0v) is 10.3. The summed E-state index contributed by atoms with van der Waals surface area (Å²) in [6, 6.07) is 0. The van der Waals surface area contributed by atoms with E-state index < -0.39 is 5.97 Å². The molecule has 0 aliphatic carbocycles. The molecule has 1 saturated heterocycles. The summed E-state index contributed by atoms with van der Waals surface area (Å²) in [7, 11) is 0. The van der Waals surface area contributed by atoms with Gasteiger partial charge in [-0.3, -0.25) is 9.69 Å². The highest BCUT2D eigenvalue weighted by molar-refractivity contribution is 9.10. The second-order valence-corrected chi connectivity index (χ2v) is 5.52. The molecule has 0 aromatic heterocycles. The van der Waals surface area contributed by atoms with Crippen molar-refractivity contribution < 1.29 is 14.7 Å². The molecule has 80 valence electrons. The number of carboxylic acids is 1.